The highest BCUT2D eigenvalue weighted by Crippen LogP contribution is 2.47. The Bertz CT molecular complexity index is 324. The largest absolute Gasteiger partial charge is 0.300 e. The van der Waals surface area contributed by atoms with E-state index in [1.54, 1.807) is 0 Å². The average molecular weight is 268 g/mol. The van der Waals surface area contributed by atoms with Crippen LogP contribution in [0.5, 0.6) is 0 Å². The van der Waals surface area contributed by atoms with E-state index in [4.69, 9.17) is 0 Å². The van der Waals surface area contributed by atoms with E-state index in [2.05, 4.69) is 11.8 Å². The zero-order chi connectivity index (χ0) is 13.1. The maximum atomic E-state index is 11.5. The van der Waals surface area contributed by atoms with Crippen LogP contribution >= 0.6 is 11.8 Å². The molecule has 0 bridgehead atoms. The minimum Gasteiger partial charge on any atom is -0.300 e. The van der Waals surface area contributed by atoms with Gasteiger partial charge in [-0.3, -0.25) is 9.59 Å². The van der Waals surface area contributed by atoms with Gasteiger partial charge >= 0.3 is 0 Å². The minimum atomic E-state index is 0.183. The summed E-state index contributed by atoms with van der Waals surface area (Å²) in [6.45, 7) is 3.95. The van der Waals surface area contributed by atoms with Crippen LogP contribution in [0.25, 0.3) is 0 Å². The van der Waals surface area contributed by atoms with E-state index in [0.29, 0.717) is 28.7 Å². The lowest BCUT2D eigenvalue weighted by atomic mass is 9.91. The molecule has 0 radical (unpaired) electrons. The van der Waals surface area contributed by atoms with E-state index < -0.39 is 0 Å². The second kappa shape index (κ2) is 6.23. The van der Waals surface area contributed by atoms with Crippen molar-refractivity contribution < 1.29 is 9.59 Å². The molecule has 1 aliphatic heterocycles. The van der Waals surface area contributed by atoms with Crippen molar-refractivity contribution in [2.45, 2.75) is 57.6 Å². The number of thioether (sulfide) groups is 1. The molecule has 1 saturated carbocycles. The van der Waals surface area contributed by atoms with Gasteiger partial charge in [0.15, 0.2) is 0 Å². The third-order valence-corrected chi connectivity index (χ3v) is 6.00. The van der Waals surface area contributed by atoms with Gasteiger partial charge in [0, 0.05) is 30.4 Å². The van der Waals surface area contributed by atoms with Gasteiger partial charge in [-0.05, 0) is 30.4 Å². The lowest BCUT2D eigenvalue weighted by molar-refractivity contribution is -0.122. The second-order valence-electron chi connectivity index (χ2n) is 6.11. The molecule has 2 nitrogen and oxygen atoms in total. The minimum absolute atomic E-state index is 0.183. The van der Waals surface area contributed by atoms with Crippen LogP contribution in [0.4, 0.5) is 0 Å². The molecule has 0 aromatic carbocycles. The maximum Gasteiger partial charge on any atom is 0.135 e. The molecule has 2 aliphatic rings. The second-order valence-corrected chi connectivity index (χ2v) is 7.38. The van der Waals surface area contributed by atoms with Gasteiger partial charge in [-0.2, -0.15) is 11.8 Å². The molecular formula is C15H24O2S. The van der Waals surface area contributed by atoms with Crippen molar-refractivity contribution >= 4 is 23.3 Å². The van der Waals surface area contributed by atoms with Crippen LogP contribution < -0.4 is 0 Å². The summed E-state index contributed by atoms with van der Waals surface area (Å²) in [5.41, 5.74) is 0. The lowest BCUT2D eigenvalue weighted by Crippen LogP contribution is -2.14. The first-order chi connectivity index (χ1) is 8.58. The summed E-state index contributed by atoms with van der Waals surface area (Å²) in [6.07, 6.45) is 5.77. The van der Waals surface area contributed by atoms with Crippen LogP contribution in [0, 0.1) is 17.8 Å². The van der Waals surface area contributed by atoms with Crippen LogP contribution in [-0.2, 0) is 9.59 Å². The Morgan fingerprint density at radius 3 is 2.83 bits per heavy atom. The summed E-state index contributed by atoms with van der Waals surface area (Å²) in [7, 11) is 0. The lowest BCUT2D eigenvalue weighted by Gasteiger charge is -2.16. The SMILES string of the molecule is CC(C)C(=O)CCCC[C@H]1SCC2CC(=O)CC21. The van der Waals surface area contributed by atoms with Gasteiger partial charge in [0.25, 0.3) is 0 Å². The Morgan fingerprint density at radius 2 is 2.11 bits per heavy atom. The Labute approximate surface area is 114 Å². The molecule has 0 aromatic heterocycles. The van der Waals surface area contributed by atoms with E-state index in [-0.39, 0.29) is 5.92 Å². The maximum absolute atomic E-state index is 11.5. The molecule has 0 aromatic rings. The molecule has 0 spiro atoms. The van der Waals surface area contributed by atoms with Gasteiger partial charge in [0.1, 0.15) is 11.6 Å². The Morgan fingerprint density at radius 1 is 1.33 bits per heavy atom. The summed E-state index contributed by atoms with van der Waals surface area (Å²) in [5.74, 6) is 3.57. The standard InChI is InChI=1S/C15H24O2S/c1-10(2)14(17)5-3-4-6-15-13-8-12(16)7-11(13)9-18-15/h10-11,13,15H,3-9H2,1-2H3/t11?,13?,15-/m1/s1. The molecule has 0 N–H and O–H groups in total. The summed E-state index contributed by atoms with van der Waals surface area (Å²) in [4.78, 5) is 23.0. The smallest absolute Gasteiger partial charge is 0.135 e. The average Bonchev–Trinajstić information content (AvgIpc) is 2.84. The van der Waals surface area contributed by atoms with Crippen molar-refractivity contribution in [2.24, 2.45) is 17.8 Å². The van der Waals surface area contributed by atoms with E-state index in [9.17, 15) is 9.59 Å². The zero-order valence-electron chi connectivity index (χ0n) is 11.5. The fourth-order valence-electron chi connectivity index (χ4n) is 3.18. The van der Waals surface area contributed by atoms with E-state index in [1.807, 2.05) is 13.8 Å². The summed E-state index contributed by atoms with van der Waals surface area (Å²) >= 11 is 2.06. The predicted octanol–water partition coefficient (Wildman–Crippen LogP) is 3.48. The first-order valence-corrected chi connectivity index (χ1v) is 8.29. The van der Waals surface area contributed by atoms with Gasteiger partial charge in [-0.15, -0.1) is 0 Å². The van der Waals surface area contributed by atoms with Crippen LogP contribution in [0.2, 0.25) is 0 Å². The van der Waals surface area contributed by atoms with E-state index in [0.717, 1.165) is 32.1 Å². The highest BCUT2D eigenvalue weighted by Gasteiger charge is 2.42. The Hall–Kier alpha value is -0.310. The number of Topliss-reactive ketones (excluding diaryl/α,β-unsaturated/α-hetero) is 2. The van der Waals surface area contributed by atoms with Gasteiger partial charge < -0.3 is 0 Å². The van der Waals surface area contributed by atoms with Crippen molar-refractivity contribution in [3.8, 4) is 0 Å². The van der Waals surface area contributed by atoms with E-state index in [1.165, 1.54) is 12.2 Å². The molecule has 1 heterocycles. The topological polar surface area (TPSA) is 34.1 Å². The normalized spacial score (nSPS) is 31.1. The Kier molecular flexibility index (Phi) is 4.88. The highest BCUT2D eigenvalue weighted by atomic mass is 32.2. The molecule has 18 heavy (non-hydrogen) atoms. The van der Waals surface area contributed by atoms with Gasteiger partial charge in [0.05, 0.1) is 0 Å². The molecule has 2 fully saturated rings. The van der Waals surface area contributed by atoms with Crippen LogP contribution in [0.15, 0.2) is 0 Å². The molecule has 1 aliphatic carbocycles. The van der Waals surface area contributed by atoms with Crippen molar-refractivity contribution in [1.82, 2.24) is 0 Å². The number of hydrogen-bond acceptors (Lipinski definition) is 3. The predicted molar refractivity (Wildman–Crippen MR) is 75.8 cm³/mol. The Balaban J connectivity index is 1.66. The number of fused-ring (bicyclic) bond motifs is 1. The monoisotopic (exact) mass is 268 g/mol. The van der Waals surface area contributed by atoms with Gasteiger partial charge in [-0.1, -0.05) is 20.3 Å². The quantitative estimate of drug-likeness (QED) is 0.692. The van der Waals surface area contributed by atoms with Gasteiger partial charge in [-0.25, -0.2) is 0 Å². The van der Waals surface area contributed by atoms with Gasteiger partial charge in [0.2, 0.25) is 0 Å². The van der Waals surface area contributed by atoms with Crippen LogP contribution in [-0.4, -0.2) is 22.6 Å². The first kappa shape index (κ1) is 14.1. The fourth-order valence-corrected chi connectivity index (χ4v) is 4.93. The molecule has 3 atom stereocenters. The third-order valence-electron chi connectivity index (χ3n) is 4.37. The van der Waals surface area contributed by atoms with Crippen molar-refractivity contribution in [1.29, 1.82) is 0 Å². The van der Waals surface area contributed by atoms with Crippen molar-refractivity contribution in [2.75, 3.05) is 5.75 Å². The summed E-state index contributed by atoms with van der Waals surface area (Å²) < 4.78 is 0. The van der Waals surface area contributed by atoms with Crippen molar-refractivity contribution in [3.05, 3.63) is 0 Å². The number of ketones is 2. The van der Waals surface area contributed by atoms with Crippen LogP contribution in [0.1, 0.15) is 52.4 Å². The molecule has 1 saturated heterocycles. The number of rotatable bonds is 6. The highest BCUT2D eigenvalue weighted by molar-refractivity contribution is 8.00. The molecule has 2 unspecified atom stereocenters. The fraction of sp³-hybridized carbons (Fsp3) is 0.867. The number of unbranched alkanes of at least 4 members (excludes halogenated alkanes) is 1. The summed E-state index contributed by atoms with van der Waals surface area (Å²) in [6, 6.07) is 0. The third kappa shape index (κ3) is 3.37. The number of carbonyl (C=O) groups is 2. The van der Waals surface area contributed by atoms with E-state index >= 15 is 0 Å². The number of hydrogen-bond donors (Lipinski definition) is 0. The van der Waals surface area contributed by atoms with Crippen LogP contribution in [0.3, 0.4) is 0 Å². The molecule has 102 valence electrons. The number of carbonyl (C=O) groups excluding carboxylic acids is 2. The molecule has 2 rings (SSSR count). The summed E-state index contributed by atoms with van der Waals surface area (Å²) in [5, 5.41) is 0.690. The first-order valence-electron chi connectivity index (χ1n) is 7.24. The molecule has 0 amide bonds. The molecular weight excluding hydrogens is 244 g/mol. The molecule has 3 heteroatoms. The van der Waals surface area contributed by atoms with Crippen molar-refractivity contribution in [3.63, 3.8) is 0 Å². The zero-order valence-corrected chi connectivity index (χ0v) is 12.3.